The van der Waals surface area contributed by atoms with Crippen molar-refractivity contribution in [2.45, 2.75) is 27.2 Å². The van der Waals surface area contributed by atoms with Crippen molar-refractivity contribution in [3.8, 4) is 0 Å². The van der Waals surface area contributed by atoms with Crippen LogP contribution in [0, 0.1) is 13.8 Å². The van der Waals surface area contributed by atoms with Crippen molar-refractivity contribution in [1.82, 2.24) is 4.98 Å². The molecule has 0 bridgehead atoms. The van der Waals surface area contributed by atoms with Crippen LogP contribution >= 0.6 is 0 Å². The molecule has 3 aromatic rings. The molecule has 0 saturated carbocycles. The fraction of sp³-hybridized carbons (Fsp3) is 0.174. The van der Waals surface area contributed by atoms with E-state index in [1.165, 1.54) is 17.8 Å². The number of benzene rings is 2. The Kier molecular flexibility index (Phi) is 5.84. The van der Waals surface area contributed by atoms with Gasteiger partial charge < -0.3 is 10.6 Å². The smallest absolute Gasteiger partial charge is 0.274 e. The molecule has 0 spiro atoms. The van der Waals surface area contributed by atoms with Gasteiger partial charge in [0.15, 0.2) is 0 Å². The average Bonchev–Trinajstić information content (AvgIpc) is 2.72. The number of anilines is 2. The molecule has 2 N–H and O–H groups in total. The predicted molar refractivity (Wildman–Crippen MR) is 112 cm³/mol. The zero-order valence-electron chi connectivity index (χ0n) is 16.2. The van der Waals surface area contributed by atoms with Crippen LogP contribution in [-0.4, -0.2) is 16.8 Å². The van der Waals surface area contributed by atoms with E-state index in [0.717, 1.165) is 23.2 Å². The summed E-state index contributed by atoms with van der Waals surface area (Å²) in [4.78, 5) is 29.2. The molecule has 28 heavy (non-hydrogen) atoms. The number of carbonyl (C=O) groups is 2. The summed E-state index contributed by atoms with van der Waals surface area (Å²) in [7, 11) is 0. The molecule has 2 amide bonds. The first-order chi connectivity index (χ1) is 13.5. The molecule has 0 aliphatic rings. The summed E-state index contributed by atoms with van der Waals surface area (Å²) < 4.78 is 0. The van der Waals surface area contributed by atoms with Crippen LogP contribution in [-0.2, 0) is 6.42 Å². The van der Waals surface area contributed by atoms with E-state index in [2.05, 4.69) is 22.5 Å². The number of pyridine rings is 1. The molecule has 1 heterocycles. The zero-order chi connectivity index (χ0) is 20.1. The van der Waals surface area contributed by atoms with Crippen LogP contribution in [0.4, 0.5) is 11.4 Å². The second-order valence-electron chi connectivity index (χ2n) is 6.64. The Labute approximate surface area is 164 Å². The van der Waals surface area contributed by atoms with Gasteiger partial charge in [0.25, 0.3) is 11.8 Å². The number of amides is 2. The lowest BCUT2D eigenvalue weighted by molar-refractivity contribution is 0.102. The molecule has 0 atom stereocenters. The first kappa shape index (κ1) is 19.3. The second kappa shape index (κ2) is 8.48. The maximum atomic E-state index is 12.6. The summed E-state index contributed by atoms with van der Waals surface area (Å²) in [5, 5.41) is 5.71. The van der Waals surface area contributed by atoms with Gasteiger partial charge in [0, 0.05) is 23.1 Å². The number of aryl methyl sites for hydroxylation is 2. The van der Waals surface area contributed by atoms with Crippen molar-refractivity contribution in [3.63, 3.8) is 0 Å². The van der Waals surface area contributed by atoms with Crippen molar-refractivity contribution < 1.29 is 9.59 Å². The molecule has 0 unspecified atom stereocenters. The lowest BCUT2D eigenvalue weighted by Gasteiger charge is -2.11. The van der Waals surface area contributed by atoms with Gasteiger partial charge in [-0.3, -0.25) is 14.6 Å². The van der Waals surface area contributed by atoms with E-state index in [1.807, 2.05) is 56.3 Å². The number of aromatic nitrogens is 1. The SMILES string of the molecule is CCc1ccc(NC(=O)c2cc(C(=O)Nc3cccc(C)c3C)ccn2)cc1. The normalized spacial score (nSPS) is 10.4. The first-order valence-corrected chi connectivity index (χ1v) is 9.22. The molecular formula is C23H23N3O2. The minimum atomic E-state index is -0.356. The molecule has 0 radical (unpaired) electrons. The number of hydrogen-bond acceptors (Lipinski definition) is 3. The minimum absolute atomic E-state index is 0.188. The third-order valence-electron chi connectivity index (χ3n) is 4.73. The molecule has 1 aromatic heterocycles. The number of carbonyl (C=O) groups excluding carboxylic acids is 2. The van der Waals surface area contributed by atoms with E-state index in [9.17, 15) is 9.59 Å². The lowest BCUT2D eigenvalue weighted by Crippen LogP contribution is -2.17. The van der Waals surface area contributed by atoms with E-state index in [0.29, 0.717) is 11.3 Å². The summed E-state index contributed by atoms with van der Waals surface area (Å²) in [6, 6.07) is 16.5. The summed E-state index contributed by atoms with van der Waals surface area (Å²) in [5.74, 6) is -0.636. The summed E-state index contributed by atoms with van der Waals surface area (Å²) >= 11 is 0. The number of hydrogen-bond donors (Lipinski definition) is 2. The van der Waals surface area contributed by atoms with Gasteiger partial charge in [-0.05, 0) is 67.3 Å². The molecule has 5 heteroatoms. The van der Waals surface area contributed by atoms with Gasteiger partial charge >= 0.3 is 0 Å². The van der Waals surface area contributed by atoms with Crippen molar-refractivity contribution in [1.29, 1.82) is 0 Å². The van der Waals surface area contributed by atoms with Crippen molar-refractivity contribution in [3.05, 3.63) is 88.7 Å². The van der Waals surface area contributed by atoms with Gasteiger partial charge in [-0.1, -0.05) is 31.2 Å². The van der Waals surface area contributed by atoms with Crippen LogP contribution < -0.4 is 10.6 Å². The maximum Gasteiger partial charge on any atom is 0.274 e. The van der Waals surface area contributed by atoms with Gasteiger partial charge in [-0.15, -0.1) is 0 Å². The molecule has 142 valence electrons. The first-order valence-electron chi connectivity index (χ1n) is 9.22. The van der Waals surface area contributed by atoms with Gasteiger partial charge in [-0.2, -0.15) is 0 Å². The van der Waals surface area contributed by atoms with Crippen LogP contribution in [0.1, 0.15) is 44.5 Å². The minimum Gasteiger partial charge on any atom is -0.322 e. The monoisotopic (exact) mass is 373 g/mol. The number of nitrogens with zero attached hydrogens (tertiary/aromatic N) is 1. The Morgan fingerprint density at radius 3 is 2.39 bits per heavy atom. The Morgan fingerprint density at radius 1 is 0.929 bits per heavy atom. The largest absolute Gasteiger partial charge is 0.322 e. The Balaban J connectivity index is 1.74. The summed E-state index contributed by atoms with van der Waals surface area (Å²) in [6.45, 7) is 6.03. The van der Waals surface area contributed by atoms with Crippen LogP contribution in [0.25, 0.3) is 0 Å². The van der Waals surface area contributed by atoms with E-state index in [-0.39, 0.29) is 17.5 Å². The molecule has 2 aromatic carbocycles. The van der Waals surface area contributed by atoms with Gasteiger partial charge in [0.2, 0.25) is 0 Å². The third-order valence-corrected chi connectivity index (χ3v) is 4.73. The van der Waals surface area contributed by atoms with Crippen molar-refractivity contribution >= 4 is 23.2 Å². The predicted octanol–water partition coefficient (Wildman–Crippen LogP) is 4.77. The highest BCUT2D eigenvalue weighted by Crippen LogP contribution is 2.19. The fourth-order valence-corrected chi connectivity index (χ4v) is 2.80. The maximum absolute atomic E-state index is 12.6. The number of rotatable bonds is 5. The molecule has 0 aliphatic carbocycles. The van der Waals surface area contributed by atoms with E-state index >= 15 is 0 Å². The standard InChI is InChI=1S/C23H23N3O2/c1-4-17-8-10-19(11-9-17)25-23(28)21-14-18(12-13-24-21)22(27)26-20-7-5-6-15(2)16(20)3/h5-14H,4H2,1-3H3,(H,25,28)(H,26,27). The van der Waals surface area contributed by atoms with Crippen LogP contribution in [0.15, 0.2) is 60.8 Å². The Bertz CT molecular complexity index is 1010. The van der Waals surface area contributed by atoms with Gasteiger partial charge in [-0.25, -0.2) is 0 Å². The molecule has 0 saturated heterocycles. The lowest BCUT2D eigenvalue weighted by atomic mass is 10.1. The van der Waals surface area contributed by atoms with Crippen LogP contribution in [0.2, 0.25) is 0 Å². The molecule has 0 aliphatic heterocycles. The van der Waals surface area contributed by atoms with E-state index in [1.54, 1.807) is 6.07 Å². The van der Waals surface area contributed by atoms with Crippen LogP contribution in [0.3, 0.4) is 0 Å². The second-order valence-corrected chi connectivity index (χ2v) is 6.64. The van der Waals surface area contributed by atoms with E-state index in [4.69, 9.17) is 0 Å². The highest BCUT2D eigenvalue weighted by atomic mass is 16.2. The third kappa shape index (κ3) is 4.43. The zero-order valence-corrected chi connectivity index (χ0v) is 16.2. The average molecular weight is 373 g/mol. The molecule has 5 nitrogen and oxygen atoms in total. The van der Waals surface area contributed by atoms with Crippen molar-refractivity contribution in [2.24, 2.45) is 0 Å². The number of nitrogens with one attached hydrogen (secondary N) is 2. The topological polar surface area (TPSA) is 71.1 Å². The van der Waals surface area contributed by atoms with Crippen LogP contribution in [0.5, 0.6) is 0 Å². The molecule has 3 rings (SSSR count). The van der Waals surface area contributed by atoms with Gasteiger partial charge in [0.1, 0.15) is 5.69 Å². The molecular weight excluding hydrogens is 350 g/mol. The quantitative estimate of drug-likeness (QED) is 0.677. The highest BCUT2D eigenvalue weighted by molar-refractivity contribution is 6.08. The van der Waals surface area contributed by atoms with Crippen molar-refractivity contribution in [2.75, 3.05) is 10.6 Å². The summed E-state index contributed by atoms with van der Waals surface area (Å²) in [5.41, 5.74) is 5.31. The van der Waals surface area contributed by atoms with Gasteiger partial charge in [0.05, 0.1) is 0 Å². The Hall–Kier alpha value is -3.47. The fourth-order valence-electron chi connectivity index (χ4n) is 2.80. The summed E-state index contributed by atoms with van der Waals surface area (Å²) in [6.07, 6.45) is 2.40. The highest BCUT2D eigenvalue weighted by Gasteiger charge is 2.13. The Morgan fingerprint density at radius 2 is 1.68 bits per heavy atom. The molecule has 0 fully saturated rings. The van der Waals surface area contributed by atoms with E-state index < -0.39 is 0 Å².